The summed E-state index contributed by atoms with van der Waals surface area (Å²) in [6.45, 7) is 5.01. The SMILES string of the molecule is CCCCCCCC/C=C\CCCCCCCC(=O)O[C@H](COC(=O)CCCCCCCCCCCCCCCCC)COP(=O)(O)OC[C@@H](O)COP(=O)(O)OC[C@@H](COC(=O)CCCCCCCCCCCCCCCCCCC)OC(=O)CCCCCCCCCCCCCCC. The van der Waals surface area contributed by atoms with Crippen molar-refractivity contribution in [2.24, 2.45) is 0 Å². The number of rotatable bonds is 81. The summed E-state index contributed by atoms with van der Waals surface area (Å²) in [5.41, 5.74) is 0. The highest BCUT2D eigenvalue weighted by Gasteiger charge is 2.30. The maximum Gasteiger partial charge on any atom is 0.472 e. The first-order valence-electron chi connectivity index (χ1n) is 41.9. The van der Waals surface area contributed by atoms with Gasteiger partial charge < -0.3 is 33.8 Å². The number of unbranched alkanes of at least 4 members (excludes halogenated alkanes) is 53. The van der Waals surface area contributed by atoms with Crippen molar-refractivity contribution in [1.82, 2.24) is 0 Å². The van der Waals surface area contributed by atoms with Gasteiger partial charge in [0, 0.05) is 25.7 Å². The van der Waals surface area contributed by atoms with Gasteiger partial charge in [0.15, 0.2) is 12.2 Å². The number of phosphoric acid groups is 2. The molecule has 0 aromatic carbocycles. The number of aliphatic hydroxyl groups is 1. The molecule has 0 heterocycles. The molecule has 0 aliphatic rings. The molecule has 0 aromatic heterocycles. The average molecular weight is 1460 g/mol. The van der Waals surface area contributed by atoms with E-state index in [4.69, 9.17) is 37.0 Å². The maximum atomic E-state index is 13.1. The molecule has 592 valence electrons. The molecular weight excluding hydrogens is 1310 g/mol. The number of esters is 4. The normalized spacial score (nSPS) is 13.9. The molecule has 19 heteroatoms. The van der Waals surface area contributed by atoms with E-state index in [0.717, 1.165) is 103 Å². The van der Waals surface area contributed by atoms with Crippen molar-refractivity contribution in [2.45, 2.75) is 444 Å². The summed E-state index contributed by atoms with van der Waals surface area (Å²) < 4.78 is 68.7. The maximum absolute atomic E-state index is 13.1. The first-order chi connectivity index (χ1) is 48.7. The highest BCUT2D eigenvalue weighted by Crippen LogP contribution is 2.45. The Morgan fingerprint density at radius 2 is 0.460 bits per heavy atom. The van der Waals surface area contributed by atoms with Crippen molar-refractivity contribution in [2.75, 3.05) is 39.6 Å². The molecule has 17 nitrogen and oxygen atoms in total. The van der Waals surface area contributed by atoms with Gasteiger partial charge in [0.05, 0.1) is 26.4 Å². The predicted octanol–water partition coefficient (Wildman–Crippen LogP) is 24.3. The van der Waals surface area contributed by atoms with Gasteiger partial charge in [0.1, 0.15) is 19.3 Å². The first kappa shape index (κ1) is 97.8. The topological polar surface area (TPSA) is 237 Å². The second-order valence-electron chi connectivity index (χ2n) is 28.8. The fraction of sp³-hybridized carbons (Fsp3) is 0.926. The van der Waals surface area contributed by atoms with Crippen LogP contribution in [0.5, 0.6) is 0 Å². The smallest absolute Gasteiger partial charge is 0.462 e. The van der Waals surface area contributed by atoms with E-state index in [1.165, 1.54) is 244 Å². The van der Waals surface area contributed by atoms with Gasteiger partial charge in [-0.05, 0) is 51.4 Å². The Balaban J connectivity index is 5.27. The fourth-order valence-corrected chi connectivity index (χ4v) is 13.9. The van der Waals surface area contributed by atoms with Crippen LogP contribution in [-0.2, 0) is 65.4 Å². The molecule has 5 atom stereocenters. The van der Waals surface area contributed by atoms with E-state index < -0.39 is 97.5 Å². The molecule has 0 amide bonds. The Bertz CT molecular complexity index is 1940. The van der Waals surface area contributed by atoms with Crippen LogP contribution in [-0.4, -0.2) is 96.7 Å². The number of aliphatic hydroxyl groups excluding tert-OH is 1. The molecule has 0 radical (unpaired) electrons. The lowest BCUT2D eigenvalue weighted by Gasteiger charge is -2.21. The van der Waals surface area contributed by atoms with Crippen molar-refractivity contribution in [3.63, 3.8) is 0 Å². The molecular formula is C81H156O17P2. The van der Waals surface area contributed by atoms with Gasteiger partial charge >= 0.3 is 39.5 Å². The van der Waals surface area contributed by atoms with Crippen LogP contribution < -0.4 is 0 Å². The second kappa shape index (κ2) is 75.0. The monoisotopic (exact) mass is 1460 g/mol. The summed E-state index contributed by atoms with van der Waals surface area (Å²) in [5.74, 6) is -2.12. The molecule has 0 bridgehead atoms. The van der Waals surface area contributed by atoms with Crippen molar-refractivity contribution in [1.29, 1.82) is 0 Å². The summed E-state index contributed by atoms with van der Waals surface area (Å²) in [7, 11) is -9.93. The van der Waals surface area contributed by atoms with Crippen LogP contribution >= 0.6 is 15.6 Å². The zero-order valence-electron chi connectivity index (χ0n) is 64.9. The fourth-order valence-electron chi connectivity index (χ4n) is 12.3. The molecule has 0 rings (SSSR count). The lowest BCUT2D eigenvalue weighted by molar-refractivity contribution is -0.161. The predicted molar refractivity (Wildman–Crippen MR) is 409 cm³/mol. The van der Waals surface area contributed by atoms with E-state index in [1.807, 2.05) is 0 Å². The van der Waals surface area contributed by atoms with Crippen LogP contribution in [0.4, 0.5) is 0 Å². The van der Waals surface area contributed by atoms with E-state index in [2.05, 4.69) is 39.8 Å². The molecule has 2 unspecified atom stereocenters. The van der Waals surface area contributed by atoms with Gasteiger partial charge in [-0.2, -0.15) is 0 Å². The van der Waals surface area contributed by atoms with Gasteiger partial charge in [0.25, 0.3) is 0 Å². The van der Waals surface area contributed by atoms with Crippen LogP contribution in [0.1, 0.15) is 426 Å². The number of carbonyl (C=O) groups is 4. The van der Waals surface area contributed by atoms with Gasteiger partial charge in [-0.1, -0.05) is 361 Å². The first-order valence-corrected chi connectivity index (χ1v) is 44.9. The molecule has 0 fully saturated rings. The van der Waals surface area contributed by atoms with E-state index in [1.54, 1.807) is 0 Å². The van der Waals surface area contributed by atoms with Crippen LogP contribution in [0.25, 0.3) is 0 Å². The number of hydrogen-bond donors (Lipinski definition) is 3. The van der Waals surface area contributed by atoms with Crippen molar-refractivity contribution in [3.05, 3.63) is 12.2 Å². The molecule has 3 N–H and O–H groups in total. The van der Waals surface area contributed by atoms with E-state index in [0.29, 0.717) is 25.7 Å². The Morgan fingerprint density at radius 3 is 0.690 bits per heavy atom. The Labute approximate surface area is 612 Å². The Kier molecular flexibility index (Phi) is 73.4. The third-order valence-electron chi connectivity index (χ3n) is 18.8. The number of phosphoric ester groups is 2. The number of carbonyl (C=O) groups excluding carboxylic acids is 4. The lowest BCUT2D eigenvalue weighted by Crippen LogP contribution is -2.30. The standard InChI is InChI=1S/C81H156O17P2/c1-5-9-13-17-21-25-29-33-36-37-40-43-46-50-54-58-62-66-79(84)92-71-76(97-80(85)67-63-59-55-51-47-41-32-28-24-20-16-12-8-4)73-95-99(87,88)93-69-75(82)70-94-100(89,90)96-74-77(98-81(86)68-64-60-56-52-48-44-39-35-31-27-23-19-15-11-7-3)72-91-78(83)65-61-57-53-49-45-42-38-34-30-26-22-18-14-10-6-2/h35,39,75-77,82H,5-34,36-38,40-74H2,1-4H3,(H,87,88)(H,89,90)/b39-35-/t75-,76+,77+/m0/s1. The summed E-state index contributed by atoms with van der Waals surface area (Å²) >= 11 is 0. The Hall–Kier alpha value is -2.20. The summed E-state index contributed by atoms with van der Waals surface area (Å²) in [6, 6.07) is 0. The van der Waals surface area contributed by atoms with Gasteiger partial charge in [0.2, 0.25) is 0 Å². The lowest BCUT2D eigenvalue weighted by atomic mass is 10.0. The highest BCUT2D eigenvalue weighted by atomic mass is 31.2. The molecule has 0 aliphatic heterocycles. The van der Waals surface area contributed by atoms with E-state index in [9.17, 15) is 43.2 Å². The minimum absolute atomic E-state index is 0.0953. The van der Waals surface area contributed by atoms with Crippen LogP contribution in [0.3, 0.4) is 0 Å². The van der Waals surface area contributed by atoms with Crippen LogP contribution in [0.15, 0.2) is 12.2 Å². The molecule has 0 saturated carbocycles. The van der Waals surface area contributed by atoms with Crippen molar-refractivity contribution < 1.29 is 80.2 Å². The minimum atomic E-state index is -4.96. The summed E-state index contributed by atoms with van der Waals surface area (Å²) in [4.78, 5) is 73.1. The third-order valence-corrected chi connectivity index (χ3v) is 20.7. The Morgan fingerprint density at radius 1 is 0.270 bits per heavy atom. The molecule has 0 aromatic rings. The summed E-state index contributed by atoms with van der Waals surface area (Å²) in [6.07, 6.45) is 68.9. The third kappa shape index (κ3) is 74.1. The zero-order chi connectivity index (χ0) is 73.2. The second-order valence-corrected chi connectivity index (χ2v) is 31.7. The van der Waals surface area contributed by atoms with E-state index >= 15 is 0 Å². The highest BCUT2D eigenvalue weighted by molar-refractivity contribution is 7.47. The van der Waals surface area contributed by atoms with Crippen LogP contribution in [0.2, 0.25) is 0 Å². The van der Waals surface area contributed by atoms with Gasteiger partial charge in [-0.25, -0.2) is 9.13 Å². The molecule has 0 aliphatic carbocycles. The number of hydrogen-bond acceptors (Lipinski definition) is 15. The largest absolute Gasteiger partial charge is 0.472 e. The minimum Gasteiger partial charge on any atom is -0.462 e. The number of allylic oxidation sites excluding steroid dienone is 2. The average Bonchev–Trinajstić information content (AvgIpc) is 0.928. The zero-order valence-corrected chi connectivity index (χ0v) is 66.7. The van der Waals surface area contributed by atoms with Crippen molar-refractivity contribution >= 4 is 39.5 Å². The summed E-state index contributed by atoms with van der Waals surface area (Å²) in [5, 5.41) is 10.6. The molecule has 0 spiro atoms. The molecule has 0 saturated heterocycles. The van der Waals surface area contributed by atoms with Gasteiger partial charge in [-0.3, -0.25) is 37.3 Å². The van der Waals surface area contributed by atoms with E-state index in [-0.39, 0.29) is 25.7 Å². The van der Waals surface area contributed by atoms with Crippen molar-refractivity contribution in [3.8, 4) is 0 Å². The quantitative estimate of drug-likeness (QED) is 0.0169. The number of ether oxygens (including phenoxy) is 4. The van der Waals surface area contributed by atoms with Crippen LogP contribution in [0, 0.1) is 0 Å². The van der Waals surface area contributed by atoms with Gasteiger partial charge in [-0.15, -0.1) is 0 Å². The molecule has 100 heavy (non-hydrogen) atoms.